The van der Waals surface area contributed by atoms with Gasteiger partial charge in [-0.05, 0) is 70.5 Å². The van der Waals surface area contributed by atoms with E-state index in [2.05, 4.69) is 4.74 Å². The smallest absolute Gasteiger partial charge is 0.417 e. The van der Waals surface area contributed by atoms with Crippen molar-refractivity contribution in [2.24, 2.45) is 11.7 Å². The van der Waals surface area contributed by atoms with Crippen LogP contribution in [0.4, 0.5) is 48.3 Å². The minimum absolute atomic E-state index is 0.0112. The molecule has 0 saturated carbocycles. The summed E-state index contributed by atoms with van der Waals surface area (Å²) < 4.78 is 176. The minimum Gasteiger partial charge on any atom is -0.497 e. The molecule has 1 unspecified atom stereocenters. The van der Waals surface area contributed by atoms with E-state index < -0.39 is 105 Å². The first-order valence-electron chi connectivity index (χ1n) is 15.6. The third kappa shape index (κ3) is 10.0. The minimum atomic E-state index is -6.63. The number of rotatable bonds is 16. The van der Waals surface area contributed by atoms with E-state index in [4.69, 9.17) is 19.6 Å². The molecule has 0 aliphatic rings. The van der Waals surface area contributed by atoms with Crippen LogP contribution in [0.3, 0.4) is 0 Å². The topological polar surface area (TPSA) is 101 Å². The number of fused-ring (bicyclic) bond motifs is 1. The number of hydrogen-bond acceptors (Lipinski definition) is 7. The zero-order valence-corrected chi connectivity index (χ0v) is 30.9. The Bertz CT molecular complexity index is 1830. The zero-order valence-electron chi connectivity index (χ0n) is 28.7. The maximum atomic E-state index is 14.6. The van der Waals surface area contributed by atoms with Crippen LogP contribution in [0.5, 0.6) is 11.5 Å². The number of esters is 1. The lowest BCUT2D eigenvalue weighted by Gasteiger charge is -2.37. The van der Waals surface area contributed by atoms with E-state index in [0.717, 1.165) is 37.4 Å². The van der Waals surface area contributed by atoms with E-state index in [9.17, 15) is 57.9 Å². The molecule has 53 heavy (non-hydrogen) atoms. The number of methoxy groups -OCH3 is 1. The number of hydrogen-bond donors (Lipinski definition) is 1. The SMILES string of the molecule is COc1ccc(-c2cc3ccc(OCCC(F)(F)C(F)(F)C(F)(F)C(F)(F)CCOC(=O)C(CC(C)(C)N)C(C)(C)I)cc3oc2=O)c(C(F)(F)F)c1. The molecule has 19 heteroatoms. The van der Waals surface area contributed by atoms with Crippen LogP contribution in [-0.4, -0.2) is 58.9 Å². The fraction of sp³-hybridized carbons (Fsp3) is 0.529. The highest BCUT2D eigenvalue weighted by Crippen LogP contribution is 2.54. The quantitative estimate of drug-likeness (QED) is 0.0503. The maximum absolute atomic E-state index is 14.6. The molecule has 0 aliphatic carbocycles. The number of carbonyl (C=O) groups is 1. The van der Waals surface area contributed by atoms with Crippen molar-refractivity contribution in [3.8, 4) is 22.6 Å². The van der Waals surface area contributed by atoms with Gasteiger partial charge < -0.3 is 24.4 Å². The molecular weight excluding hydrogens is 854 g/mol. The van der Waals surface area contributed by atoms with Crippen molar-refractivity contribution in [3.05, 3.63) is 58.4 Å². The summed E-state index contributed by atoms with van der Waals surface area (Å²) in [5, 5.41) is 0.0112. The lowest BCUT2D eigenvalue weighted by atomic mass is 9.84. The predicted molar refractivity (Wildman–Crippen MR) is 179 cm³/mol. The summed E-state index contributed by atoms with van der Waals surface area (Å²) >= 11 is 1.85. The molecule has 0 spiro atoms. The molecule has 0 amide bonds. The Kier molecular flexibility index (Phi) is 12.8. The molecule has 2 aromatic carbocycles. The molecule has 296 valence electrons. The number of benzene rings is 2. The van der Waals surface area contributed by atoms with Crippen LogP contribution in [0.15, 0.2) is 51.7 Å². The van der Waals surface area contributed by atoms with Crippen molar-refractivity contribution < 1.29 is 71.7 Å². The highest BCUT2D eigenvalue weighted by molar-refractivity contribution is 14.1. The number of alkyl halides is 12. The summed E-state index contributed by atoms with van der Waals surface area (Å²) in [5.41, 5.74) is 1.08. The Morgan fingerprint density at radius 3 is 1.85 bits per heavy atom. The van der Waals surface area contributed by atoms with Crippen molar-refractivity contribution >= 4 is 39.5 Å². The van der Waals surface area contributed by atoms with Crippen molar-refractivity contribution in [1.82, 2.24) is 0 Å². The van der Waals surface area contributed by atoms with E-state index in [1.165, 1.54) is 6.07 Å². The maximum Gasteiger partial charge on any atom is 0.417 e. The summed E-state index contributed by atoms with van der Waals surface area (Å²) in [5.74, 6) is -27.5. The Morgan fingerprint density at radius 1 is 0.792 bits per heavy atom. The second kappa shape index (κ2) is 15.4. The van der Waals surface area contributed by atoms with Crippen molar-refractivity contribution in [2.45, 2.75) is 85.8 Å². The van der Waals surface area contributed by atoms with Gasteiger partial charge in [0.15, 0.2) is 0 Å². The largest absolute Gasteiger partial charge is 0.497 e. The summed E-state index contributed by atoms with van der Waals surface area (Å²) in [4.78, 5) is 25.2. The average molecular weight is 890 g/mol. The van der Waals surface area contributed by atoms with E-state index in [0.29, 0.717) is 6.07 Å². The first-order chi connectivity index (χ1) is 23.9. The van der Waals surface area contributed by atoms with Gasteiger partial charge in [-0.2, -0.15) is 48.3 Å². The van der Waals surface area contributed by atoms with Crippen LogP contribution >= 0.6 is 22.6 Å². The molecule has 0 saturated heterocycles. The zero-order chi connectivity index (χ0) is 40.6. The van der Waals surface area contributed by atoms with Gasteiger partial charge in [-0.25, -0.2) is 4.79 Å². The van der Waals surface area contributed by atoms with E-state index in [-0.39, 0.29) is 23.1 Å². The Morgan fingerprint density at radius 2 is 1.34 bits per heavy atom. The van der Waals surface area contributed by atoms with E-state index in [1.807, 2.05) is 22.6 Å². The molecule has 1 atom stereocenters. The molecule has 0 fully saturated rings. The number of carbonyl (C=O) groups excluding carboxylic acids is 1. The number of halogens is 12. The van der Waals surface area contributed by atoms with Gasteiger partial charge in [0.2, 0.25) is 0 Å². The second-order valence-corrected chi connectivity index (χ2v) is 16.2. The van der Waals surface area contributed by atoms with Gasteiger partial charge in [-0.15, -0.1) is 0 Å². The Balaban J connectivity index is 1.72. The monoisotopic (exact) mass is 889 g/mol. The van der Waals surface area contributed by atoms with Crippen LogP contribution in [0.2, 0.25) is 0 Å². The second-order valence-electron chi connectivity index (χ2n) is 13.4. The van der Waals surface area contributed by atoms with Gasteiger partial charge in [0, 0.05) is 26.0 Å². The third-order valence-corrected chi connectivity index (χ3v) is 8.78. The summed E-state index contributed by atoms with van der Waals surface area (Å²) in [6, 6.07) is 6.87. The molecule has 3 rings (SSSR count). The molecular formula is C34H35F11INO6. The third-order valence-electron chi connectivity index (χ3n) is 8.03. The predicted octanol–water partition coefficient (Wildman–Crippen LogP) is 9.69. The number of ether oxygens (including phenoxy) is 3. The first kappa shape index (κ1) is 44.0. The average Bonchev–Trinajstić information content (AvgIpc) is 3.01. The molecule has 1 heterocycles. The van der Waals surface area contributed by atoms with Crippen LogP contribution < -0.4 is 20.8 Å². The lowest BCUT2D eigenvalue weighted by Crippen LogP contribution is -2.62. The number of nitrogens with two attached hydrogens (primary N) is 1. The van der Waals surface area contributed by atoms with E-state index >= 15 is 0 Å². The van der Waals surface area contributed by atoms with Crippen LogP contribution in [-0.2, 0) is 15.7 Å². The Hall–Kier alpha value is -3.36. The highest BCUT2D eigenvalue weighted by Gasteiger charge is 2.79. The van der Waals surface area contributed by atoms with E-state index in [1.54, 1.807) is 27.7 Å². The highest BCUT2D eigenvalue weighted by atomic mass is 127. The molecule has 0 bridgehead atoms. The van der Waals surface area contributed by atoms with Crippen LogP contribution in [0.1, 0.15) is 52.5 Å². The summed E-state index contributed by atoms with van der Waals surface area (Å²) in [6.45, 7) is 3.34. The van der Waals surface area contributed by atoms with Crippen molar-refractivity contribution in [2.75, 3.05) is 20.3 Å². The lowest BCUT2D eigenvalue weighted by molar-refractivity contribution is -0.369. The van der Waals surface area contributed by atoms with Gasteiger partial charge in [0.1, 0.15) is 17.1 Å². The first-order valence-corrected chi connectivity index (χ1v) is 16.6. The van der Waals surface area contributed by atoms with Gasteiger partial charge in [-0.3, -0.25) is 4.79 Å². The molecule has 0 radical (unpaired) electrons. The molecule has 0 aliphatic heterocycles. The Labute approximate surface area is 309 Å². The summed E-state index contributed by atoms with van der Waals surface area (Å²) in [7, 11) is 1.14. The van der Waals surface area contributed by atoms with Gasteiger partial charge in [0.25, 0.3) is 0 Å². The van der Waals surface area contributed by atoms with Crippen molar-refractivity contribution in [3.63, 3.8) is 0 Å². The summed E-state index contributed by atoms with van der Waals surface area (Å²) in [6.07, 6.45) is -9.34. The van der Waals surface area contributed by atoms with Gasteiger partial charge >= 0.3 is 41.5 Å². The fourth-order valence-corrected chi connectivity index (χ4v) is 5.55. The molecule has 2 N–H and O–H groups in total. The van der Waals surface area contributed by atoms with Crippen molar-refractivity contribution in [1.29, 1.82) is 0 Å². The molecule has 1 aromatic heterocycles. The standard InChI is InChI=1S/C34H35F11INO6/c1-28(2,47)17-24(29(3,4)46)27(49)52-13-11-31(37,38)34(44,45)33(42,43)30(35,36)10-12-51-20-7-6-18-14-22(26(48)53-25(18)16-20)21-9-8-19(50-5)15-23(21)32(39,40)41/h6-9,14-16,24H,10-13,17,47H2,1-5H3. The van der Waals surface area contributed by atoms with Gasteiger partial charge in [0.05, 0.1) is 50.2 Å². The molecule has 7 nitrogen and oxygen atoms in total. The molecule has 3 aromatic rings. The van der Waals surface area contributed by atoms with Gasteiger partial charge in [-0.1, -0.05) is 22.6 Å². The van der Waals surface area contributed by atoms with Crippen LogP contribution in [0.25, 0.3) is 22.1 Å². The fourth-order valence-electron chi connectivity index (χ4n) is 5.07. The van der Waals surface area contributed by atoms with Crippen LogP contribution in [0, 0.1) is 5.92 Å². The normalized spacial score (nSPS) is 14.3.